The lowest BCUT2D eigenvalue weighted by molar-refractivity contribution is -0.154. The number of hydrogen-bond acceptors (Lipinski definition) is 5. The molecule has 0 unspecified atom stereocenters. The van der Waals surface area contributed by atoms with Crippen LogP contribution in [0.15, 0.2) is 52.9 Å². The SMILES string of the molecule is O=C(N[C@H](c1nc2cc(C[C@H]3C[C@@H](C(F)(F)F)NC3=O)ccc2o1)C1CCC(F)(F)CC1)OCc1ccccc1. The minimum atomic E-state index is -4.51. The molecule has 12 heteroatoms. The number of benzene rings is 2. The van der Waals surface area contributed by atoms with E-state index in [9.17, 15) is 31.5 Å². The first-order chi connectivity index (χ1) is 19.0. The summed E-state index contributed by atoms with van der Waals surface area (Å²) in [6.07, 6.45) is -5.92. The Morgan fingerprint density at radius 1 is 1.12 bits per heavy atom. The van der Waals surface area contributed by atoms with Gasteiger partial charge in [-0.15, -0.1) is 0 Å². The van der Waals surface area contributed by atoms with Gasteiger partial charge in [0.25, 0.3) is 0 Å². The quantitative estimate of drug-likeness (QED) is 0.332. The van der Waals surface area contributed by atoms with E-state index in [1.165, 1.54) is 0 Å². The number of rotatable bonds is 7. The monoisotopic (exact) mass is 565 g/mol. The number of ether oxygens (including phenoxy) is 1. The van der Waals surface area contributed by atoms with Gasteiger partial charge in [-0.05, 0) is 54.9 Å². The molecule has 1 aromatic heterocycles. The lowest BCUT2D eigenvalue weighted by atomic mass is 9.82. The van der Waals surface area contributed by atoms with E-state index in [-0.39, 0.29) is 56.9 Å². The second-order valence-electron chi connectivity index (χ2n) is 10.5. The van der Waals surface area contributed by atoms with Gasteiger partial charge in [0, 0.05) is 18.8 Å². The Balaban J connectivity index is 1.32. The van der Waals surface area contributed by atoms with Crippen molar-refractivity contribution >= 4 is 23.1 Å². The molecule has 2 aliphatic rings. The van der Waals surface area contributed by atoms with Crippen LogP contribution in [-0.2, 0) is 22.6 Å². The molecule has 3 atom stereocenters. The Morgan fingerprint density at radius 3 is 2.52 bits per heavy atom. The molecule has 0 radical (unpaired) electrons. The number of alkyl halides is 5. The van der Waals surface area contributed by atoms with Gasteiger partial charge in [-0.25, -0.2) is 18.6 Å². The van der Waals surface area contributed by atoms with Gasteiger partial charge >= 0.3 is 12.3 Å². The normalized spacial score (nSPS) is 22.2. The number of halogens is 5. The van der Waals surface area contributed by atoms with Crippen molar-refractivity contribution in [3.8, 4) is 0 Å². The minimum Gasteiger partial charge on any atom is -0.445 e. The molecule has 1 saturated carbocycles. The standard InChI is InChI=1S/C28H28F5N3O4/c29-27(30)10-8-18(9-11-27)23(36-26(38)39-15-16-4-2-1-3-5-16)25-34-20-13-17(6-7-21(20)40-25)12-19-14-22(28(31,32)33)35-24(19)37/h1-7,13,18-19,22-23H,8-12,14-15H2,(H,35,37)(H,36,38)/t19-,22-,23-/m0/s1. The molecule has 3 aromatic rings. The zero-order valence-electron chi connectivity index (χ0n) is 21.3. The van der Waals surface area contributed by atoms with Crippen LogP contribution < -0.4 is 10.6 Å². The molecular weight excluding hydrogens is 537 g/mol. The van der Waals surface area contributed by atoms with Crippen molar-refractivity contribution in [1.29, 1.82) is 0 Å². The van der Waals surface area contributed by atoms with Gasteiger partial charge in [0.2, 0.25) is 17.7 Å². The average Bonchev–Trinajstić information content (AvgIpc) is 3.50. The number of nitrogens with one attached hydrogen (secondary N) is 2. The van der Waals surface area contributed by atoms with E-state index in [4.69, 9.17) is 9.15 Å². The molecule has 2 amide bonds. The lowest BCUT2D eigenvalue weighted by Crippen LogP contribution is -2.38. The number of nitrogens with zero attached hydrogens (tertiary/aromatic N) is 1. The summed E-state index contributed by atoms with van der Waals surface area (Å²) in [6.45, 7) is 0.0169. The van der Waals surface area contributed by atoms with Crippen molar-refractivity contribution in [2.45, 2.75) is 69.3 Å². The van der Waals surface area contributed by atoms with Gasteiger partial charge in [0.1, 0.15) is 24.2 Å². The zero-order valence-corrected chi connectivity index (χ0v) is 21.3. The van der Waals surface area contributed by atoms with Crippen LogP contribution >= 0.6 is 0 Å². The van der Waals surface area contributed by atoms with Crippen LogP contribution in [0.1, 0.15) is 55.2 Å². The molecule has 2 N–H and O–H groups in total. The van der Waals surface area contributed by atoms with Crippen molar-refractivity contribution in [3.63, 3.8) is 0 Å². The Morgan fingerprint density at radius 2 is 1.85 bits per heavy atom. The number of amides is 2. The number of alkyl carbamates (subject to hydrolysis) is 1. The van der Waals surface area contributed by atoms with E-state index in [1.807, 2.05) is 23.5 Å². The van der Waals surface area contributed by atoms with Gasteiger partial charge in [-0.1, -0.05) is 36.4 Å². The van der Waals surface area contributed by atoms with E-state index >= 15 is 0 Å². The predicted molar refractivity (Wildman–Crippen MR) is 133 cm³/mol. The third-order valence-electron chi connectivity index (χ3n) is 7.54. The first kappa shape index (κ1) is 27.9. The molecule has 1 aliphatic heterocycles. The highest BCUT2D eigenvalue weighted by molar-refractivity contribution is 5.82. The molecule has 7 nitrogen and oxygen atoms in total. The average molecular weight is 566 g/mol. The highest BCUT2D eigenvalue weighted by Crippen LogP contribution is 2.42. The van der Waals surface area contributed by atoms with E-state index in [0.29, 0.717) is 16.7 Å². The van der Waals surface area contributed by atoms with E-state index in [0.717, 1.165) is 5.56 Å². The fourth-order valence-electron chi connectivity index (χ4n) is 5.34. The van der Waals surface area contributed by atoms with Gasteiger partial charge in [-0.2, -0.15) is 13.2 Å². The Labute approximate surface area is 226 Å². The molecule has 0 spiro atoms. The second kappa shape index (κ2) is 11.1. The number of carbonyl (C=O) groups excluding carboxylic acids is 2. The number of carbonyl (C=O) groups is 2. The molecule has 1 saturated heterocycles. The summed E-state index contributed by atoms with van der Waals surface area (Å²) < 4.78 is 78.1. The van der Waals surface area contributed by atoms with Crippen LogP contribution in [0.25, 0.3) is 11.1 Å². The van der Waals surface area contributed by atoms with Crippen LogP contribution in [0.5, 0.6) is 0 Å². The third-order valence-corrected chi connectivity index (χ3v) is 7.54. The summed E-state index contributed by atoms with van der Waals surface area (Å²) in [5.41, 5.74) is 2.11. The maximum absolute atomic E-state index is 13.9. The van der Waals surface area contributed by atoms with Gasteiger partial charge < -0.3 is 19.8 Å². The first-order valence-corrected chi connectivity index (χ1v) is 13.1. The number of oxazole rings is 1. The molecule has 2 heterocycles. The van der Waals surface area contributed by atoms with Crippen molar-refractivity contribution < 1.29 is 40.7 Å². The number of hydrogen-bond donors (Lipinski definition) is 2. The molecule has 2 fully saturated rings. The van der Waals surface area contributed by atoms with Crippen molar-refractivity contribution in [2.24, 2.45) is 11.8 Å². The van der Waals surface area contributed by atoms with Crippen molar-refractivity contribution in [1.82, 2.24) is 15.6 Å². The minimum absolute atomic E-state index is 0.0169. The van der Waals surface area contributed by atoms with Crippen LogP contribution in [0.4, 0.5) is 26.7 Å². The Bertz CT molecular complexity index is 1350. The van der Waals surface area contributed by atoms with Gasteiger partial charge in [0.15, 0.2) is 5.58 Å². The number of aromatic nitrogens is 1. The summed E-state index contributed by atoms with van der Waals surface area (Å²) in [5.74, 6) is -4.53. The zero-order chi connectivity index (χ0) is 28.5. The molecule has 2 aromatic carbocycles. The van der Waals surface area contributed by atoms with Crippen molar-refractivity contribution in [3.05, 3.63) is 65.5 Å². The molecule has 0 bridgehead atoms. The number of fused-ring (bicyclic) bond motifs is 1. The van der Waals surface area contributed by atoms with Crippen LogP contribution in [-0.4, -0.2) is 35.1 Å². The highest BCUT2D eigenvalue weighted by atomic mass is 19.4. The largest absolute Gasteiger partial charge is 0.445 e. The molecule has 5 rings (SSSR count). The van der Waals surface area contributed by atoms with Gasteiger partial charge in [-0.3, -0.25) is 4.79 Å². The molecular formula is C28H28F5N3O4. The summed E-state index contributed by atoms with van der Waals surface area (Å²) >= 11 is 0. The molecule has 1 aliphatic carbocycles. The smallest absolute Gasteiger partial charge is 0.408 e. The summed E-state index contributed by atoms with van der Waals surface area (Å²) in [4.78, 5) is 29.3. The summed E-state index contributed by atoms with van der Waals surface area (Å²) in [6, 6.07) is 11.2. The summed E-state index contributed by atoms with van der Waals surface area (Å²) in [7, 11) is 0. The van der Waals surface area contributed by atoms with E-state index < -0.39 is 42.1 Å². The maximum atomic E-state index is 13.9. The summed E-state index contributed by atoms with van der Waals surface area (Å²) in [5, 5.41) is 4.74. The topological polar surface area (TPSA) is 93.5 Å². The molecule has 40 heavy (non-hydrogen) atoms. The van der Waals surface area contributed by atoms with Crippen LogP contribution in [0.2, 0.25) is 0 Å². The fraction of sp³-hybridized carbons (Fsp3) is 0.464. The Hall–Kier alpha value is -3.70. The van der Waals surface area contributed by atoms with Crippen LogP contribution in [0.3, 0.4) is 0 Å². The van der Waals surface area contributed by atoms with E-state index in [2.05, 4.69) is 10.3 Å². The third kappa shape index (κ3) is 6.53. The van der Waals surface area contributed by atoms with Gasteiger partial charge in [0.05, 0.1) is 0 Å². The predicted octanol–water partition coefficient (Wildman–Crippen LogP) is 6.23. The second-order valence-corrected chi connectivity index (χ2v) is 10.5. The fourth-order valence-corrected chi connectivity index (χ4v) is 5.34. The van der Waals surface area contributed by atoms with E-state index in [1.54, 1.807) is 30.3 Å². The maximum Gasteiger partial charge on any atom is 0.408 e. The highest BCUT2D eigenvalue weighted by Gasteiger charge is 2.47. The van der Waals surface area contributed by atoms with Crippen LogP contribution in [0, 0.1) is 11.8 Å². The molecule has 214 valence electrons. The Kier molecular flexibility index (Phi) is 7.70. The van der Waals surface area contributed by atoms with Crippen molar-refractivity contribution in [2.75, 3.05) is 0 Å². The lowest BCUT2D eigenvalue weighted by Gasteiger charge is -2.32. The first-order valence-electron chi connectivity index (χ1n) is 13.1.